The van der Waals surface area contributed by atoms with Gasteiger partial charge in [-0.2, -0.15) is 5.06 Å². The average molecular weight is 373 g/mol. The quantitative estimate of drug-likeness (QED) is 0.759. The van der Waals surface area contributed by atoms with Crippen LogP contribution >= 0.6 is 0 Å². The lowest BCUT2D eigenvalue weighted by molar-refractivity contribution is -0.332. The summed E-state index contributed by atoms with van der Waals surface area (Å²) < 4.78 is 17.2. The zero-order valence-corrected chi connectivity index (χ0v) is 15.8. The van der Waals surface area contributed by atoms with Crippen LogP contribution in [-0.4, -0.2) is 47.7 Å². The molecule has 6 nitrogen and oxygen atoms in total. The molecule has 1 aliphatic carbocycles. The van der Waals surface area contributed by atoms with Crippen molar-refractivity contribution in [3.63, 3.8) is 0 Å². The van der Waals surface area contributed by atoms with Gasteiger partial charge in [0.2, 0.25) is 0 Å². The van der Waals surface area contributed by atoms with E-state index in [0.29, 0.717) is 26.2 Å². The summed E-state index contributed by atoms with van der Waals surface area (Å²) in [6.45, 7) is 3.60. The normalized spacial score (nSPS) is 33.7. The molecule has 0 N–H and O–H groups in total. The Kier molecular flexibility index (Phi) is 4.09. The van der Waals surface area contributed by atoms with Crippen LogP contribution in [0.4, 0.5) is 0 Å². The van der Waals surface area contributed by atoms with Gasteiger partial charge in [-0.05, 0) is 31.7 Å². The van der Waals surface area contributed by atoms with E-state index in [0.717, 1.165) is 37.7 Å². The van der Waals surface area contributed by atoms with Gasteiger partial charge in [0.15, 0.2) is 5.79 Å². The Morgan fingerprint density at radius 2 is 1.85 bits per heavy atom. The van der Waals surface area contributed by atoms with Crippen molar-refractivity contribution in [2.24, 2.45) is 0 Å². The summed E-state index contributed by atoms with van der Waals surface area (Å²) in [5.74, 6) is -0.561. The van der Waals surface area contributed by atoms with Gasteiger partial charge < -0.3 is 14.2 Å². The van der Waals surface area contributed by atoms with E-state index in [4.69, 9.17) is 19.0 Å². The second-order valence-electron chi connectivity index (χ2n) is 8.26. The van der Waals surface area contributed by atoms with Crippen LogP contribution in [0.3, 0.4) is 0 Å². The average Bonchev–Trinajstić information content (AvgIpc) is 3.28. The first-order chi connectivity index (χ1) is 13.1. The highest BCUT2D eigenvalue weighted by atomic mass is 16.7. The van der Waals surface area contributed by atoms with Crippen LogP contribution in [0.2, 0.25) is 0 Å². The fraction of sp³-hybridized carbons (Fsp3) is 0.667. The van der Waals surface area contributed by atoms with Crippen molar-refractivity contribution in [2.75, 3.05) is 19.8 Å². The molecule has 5 rings (SSSR count). The molecular formula is C21H27NO5. The summed E-state index contributed by atoms with van der Waals surface area (Å²) in [6, 6.07) is 10.2. The van der Waals surface area contributed by atoms with Crippen LogP contribution in [-0.2, 0) is 23.8 Å². The maximum atomic E-state index is 12.9. The Balaban J connectivity index is 1.39. The van der Waals surface area contributed by atoms with Gasteiger partial charge in [-0.1, -0.05) is 30.3 Å². The number of fused-ring (bicyclic) bond motifs is 2. The number of ether oxygens (including phenoxy) is 3. The zero-order chi connectivity index (χ0) is 18.5. The standard InChI is InChI=1S/C21H27NO5/c1-2-24-18(23)20-14-17(16-6-4-3-5-7-16)27-22(20)19(15-20)8-10-21(11-9-19)25-12-13-26-21/h3-7,17H,2,8-15H2,1H3/t17-,20-/m1/s1. The van der Waals surface area contributed by atoms with Gasteiger partial charge in [0.25, 0.3) is 0 Å². The van der Waals surface area contributed by atoms with Crippen molar-refractivity contribution in [3.8, 4) is 0 Å². The number of hydrogen-bond donors (Lipinski definition) is 0. The summed E-state index contributed by atoms with van der Waals surface area (Å²) >= 11 is 0. The smallest absolute Gasteiger partial charge is 0.329 e. The highest BCUT2D eigenvalue weighted by Gasteiger charge is 2.72. The number of rotatable bonds is 3. The first kappa shape index (κ1) is 17.6. The molecule has 0 amide bonds. The molecule has 1 aromatic carbocycles. The highest BCUT2D eigenvalue weighted by molar-refractivity contribution is 5.83. The Labute approximate surface area is 159 Å². The maximum absolute atomic E-state index is 12.9. The van der Waals surface area contributed by atoms with Crippen LogP contribution in [0.5, 0.6) is 0 Å². The number of carbonyl (C=O) groups excluding carboxylic acids is 1. The summed E-state index contributed by atoms with van der Waals surface area (Å²) in [6.07, 6.45) is 4.85. The molecule has 2 atom stereocenters. The van der Waals surface area contributed by atoms with E-state index in [9.17, 15) is 4.79 Å². The fourth-order valence-electron chi connectivity index (χ4n) is 5.50. The first-order valence-electron chi connectivity index (χ1n) is 10.1. The number of benzene rings is 1. The van der Waals surface area contributed by atoms with Crippen LogP contribution < -0.4 is 0 Å². The van der Waals surface area contributed by atoms with E-state index in [2.05, 4.69) is 12.1 Å². The Hall–Kier alpha value is -1.47. The van der Waals surface area contributed by atoms with Gasteiger partial charge in [-0.25, -0.2) is 4.79 Å². The number of nitrogens with zero attached hydrogens (tertiary/aromatic N) is 1. The van der Waals surface area contributed by atoms with Crippen molar-refractivity contribution >= 4 is 5.97 Å². The second-order valence-corrected chi connectivity index (χ2v) is 8.26. The molecule has 0 bridgehead atoms. The van der Waals surface area contributed by atoms with Crippen molar-refractivity contribution < 1.29 is 23.8 Å². The van der Waals surface area contributed by atoms with Gasteiger partial charge in [-0.15, -0.1) is 0 Å². The Morgan fingerprint density at radius 1 is 1.15 bits per heavy atom. The molecule has 2 spiro atoms. The first-order valence-corrected chi connectivity index (χ1v) is 10.1. The molecule has 27 heavy (non-hydrogen) atoms. The van der Waals surface area contributed by atoms with Gasteiger partial charge in [0.05, 0.1) is 25.4 Å². The Morgan fingerprint density at radius 3 is 2.52 bits per heavy atom. The summed E-state index contributed by atoms with van der Waals surface area (Å²) in [5, 5.41) is 2.00. The fourth-order valence-corrected chi connectivity index (χ4v) is 5.50. The summed E-state index contributed by atoms with van der Waals surface area (Å²) in [7, 11) is 0. The van der Waals surface area contributed by atoms with E-state index in [1.807, 2.05) is 30.2 Å². The summed E-state index contributed by atoms with van der Waals surface area (Å²) in [5.41, 5.74) is 0.343. The van der Waals surface area contributed by atoms with E-state index >= 15 is 0 Å². The lowest BCUT2D eigenvalue weighted by Gasteiger charge is -2.61. The van der Waals surface area contributed by atoms with E-state index in [1.165, 1.54) is 0 Å². The Bertz CT molecular complexity index is 707. The molecule has 0 unspecified atom stereocenters. The monoisotopic (exact) mass is 373 g/mol. The van der Waals surface area contributed by atoms with Crippen LogP contribution in [0.1, 0.15) is 57.1 Å². The SMILES string of the molecule is CCOC(=O)[C@]12C[C@H](c3ccccc3)ON1C1(CCC3(CC1)OCCO3)C2. The molecule has 146 valence electrons. The second kappa shape index (κ2) is 6.27. The van der Waals surface area contributed by atoms with Gasteiger partial charge in [0.1, 0.15) is 11.6 Å². The van der Waals surface area contributed by atoms with Crippen LogP contribution in [0, 0.1) is 0 Å². The minimum Gasteiger partial charge on any atom is -0.465 e. The molecule has 4 fully saturated rings. The molecule has 4 aliphatic rings. The predicted octanol–water partition coefficient (Wildman–Crippen LogP) is 3.13. The third kappa shape index (κ3) is 2.58. The maximum Gasteiger partial charge on any atom is 0.329 e. The molecule has 1 saturated carbocycles. The van der Waals surface area contributed by atoms with Crippen LogP contribution in [0.15, 0.2) is 30.3 Å². The predicted molar refractivity (Wildman–Crippen MR) is 96.5 cm³/mol. The zero-order valence-electron chi connectivity index (χ0n) is 15.8. The lowest BCUT2D eigenvalue weighted by atomic mass is 9.62. The van der Waals surface area contributed by atoms with Crippen molar-refractivity contribution in [1.82, 2.24) is 5.06 Å². The molecular weight excluding hydrogens is 346 g/mol. The van der Waals surface area contributed by atoms with E-state index in [-0.39, 0.29) is 17.6 Å². The van der Waals surface area contributed by atoms with E-state index < -0.39 is 11.3 Å². The third-order valence-electron chi connectivity index (χ3n) is 6.78. The molecule has 3 aliphatic heterocycles. The van der Waals surface area contributed by atoms with Gasteiger partial charge >= 0.3 is 5.97 Å². The number of carbonyl (C=O) groups is 1. The lowest BCUT2D eigenvalue weighted by Crippen LogP contribution is -2.75. The minimum atomic E-state index is -0.654. The van der Waals surface area contributed by atoms with Gasteiger partial charge in [-0.3, -0.25) is 4.84 Å². The number of esters is 1. The third-order valence-corrected chi connectivity index (χ3v) is 6.78. The molecule has 0 aromatic heterocycles. The van der Waals surface area contributed by atoms with Crippen LogP contribution in [0.25, 0.3) is 0 Å². The minimum absolute atomic E-state index is 0.107. The van der Waals surface area contributed by atoms with Crippen molar-refractivity contribution in [1.29, 1.82) is 0 Å². The number of hydrogen-bond acceptors (Lipinski definition) is 6. The largest absolute Gasteiger partial charge is 0.465 e. The summed E-state index contributed by atoms with van der Waals surface area (Å²) in [4.78, 5) is 19.3. The number of hydroxylamine groups is 2. The molecule has 0 radical (unpaired) electrons. The topological polar surface area (TPSA) is 57.2 Å². The molecule has 3 saturated heterocycles. The molecule has 3 heterocycles. The van der Waals surface area contributed by atoms with Gasteiger partial charge in [0, 0.05) is 19.3 Å². The van der Waals surface area contributed by atoms with E-state index in [1.54, 1.807) is 0 Å². The molecule has 6 heteroatoms. The van der Waals surface area contributed by atoms with Crippen molar-refractivity contribution in [2.45, 2.75) is 68.4 Å². The highest BCUT2D eigenvalue weighted by Crippen LogP contribution is 2.62. The van der Waals surface area contributed by atoms with Crippen molar-refractivity contribution in [3.05, 3.63) is 35.9 Å². The molecule has 1 aromatic rings.